The van der Waals surface area contributed by atoms with Gasteiger partial charge in [0, 0.05) is 16.8 Å². The first-order valence-electron chi connectivity index (χ1n) is 9.63. The third-order valence-electron chi connectivity index (χ3n) is 4.56. The number of hydrogen-bond donors (Lipinski definition) is 2. The first kappa shape index (κ1) is 21.2. The molecule has 0 unspecified atom stereocenters. The van der Waals surface area contributed by atoms with Crippen LogP contribution in [0.4, 0.5) is 4.79 Å². The molecular weight excluding hydrogens is 438 g/mol. The number of para-hydroxylation sites is 1. The number of imide groups is 1. The van der Waals surface area contributed by atoms with Crippen LogP contribution in [0.2, 0.25) is 5.02 Å². The fourth-order valence-corrected chi connectivity index (χ4v) is 3.81. The number of benzene rings is 2. The number of ether oxygens (including phenoxy) is 1. The summed E-state index contributed by atoms with van der Waals surface area (Å²) in [7, 11) is 1.59. The molecule has 1 aromatic heterocycles. The van der Waals surface area contributed by atoms with E-state index in [1.54, 1.807) is 19.2 Å². The second-order valence-electron chi connectivity index (χ2n) is 6.90. The fraction of sp³-hybridized carbons (Fsp3) is 0.238. The van der Waals surface area contributed by atoms with E-state index in [0.717, 1.165) is 24.1 Å². The largest absolute Gasteiger partial charge is 0.496 e. The summed E-state index contributed by atoms with van der Waals surface area (Å²) < 4.78 is 7.31. The molecule has 160 valence electrons. The number of aromatic nitrogens is 3. The van der Waals surface area contributed by atoms with Crippen LogP contribution in [0.25, 0.3) is 17.1 Å². The van der Waals surface area contributed by atoms with Gasteiger partial charge in [-0.25, -0.2) is 4.79 Å². The maximum atomic E-state index is 12.2. The Morgan fingerprint density at radius 3 is 2.61 bits per heavy atom. The fourth-order valence-electron chi connectivity index (χ4n) is 2.93. The summed E-state index contributed by atoms with van der Waals surface area (Å²) >= 11 is 7.24. The van der Waals surface area contributed by atoms with E-state index in [-0.39, 0.29) is 11.8 Å². The van der Waals surface area contributed by atoms with Crippen LogP contribution in [0.3, 0.4) is 0 Å². The lowest BCUT2D eigenvalue weighted by Crippen LogP contribution is -2.41. The van der Waals surface area contributed by atoms with Crippen LogP contribution in [0.15, 0.2) is 53.7 Å². The molecule has 0 atom stereocenters. The molecule has 31 heavy (non-hydrogen) atoms. The molecule has 4 rings (SSSR count). The Labute approximate surface area is 188 Å². The molecule has 3 amide bonds. The monoisotopic (exact) mass is 457 g/mol. The summed E-state index contributed by atoms with van der Waals surface area (Å²) in [6.45, 7) is 0. The average Bonchev–Trinajstić information content (AvgIpc) is 3.48. The van der Waals surface area contributed by atoms with Crippen molar-refractivity contribution in [1.82, 2.24) is 25.4 Å². The van der Waals surface area contributed by atoms with E-state index >= 15 is 0 Å². The summed E-state index contributed by atoms with van der Waals surface area (Å²) in [4.78, 5) is 24.0. The zero-order valence-corrected chi connectivity index (χ0v) is 18.2. The van der Waals surface area contributed by atoms with Gasteiger partial charge in [0.15, 0.2) is 11.0 Å². The lowest BCUT2D eigenvalue weighted by atomic mass is 10.2. The minimum absolute atomic E-state index is 0.00966. The molecule has 3 aromatic rings. The van der Waals surface area contributed by atoms with E-state index in [4.69, 9.17) is 16.3 Å². The Bertz CT molecular complexity index is 1100. The maximum absolute atomic E-state index is 12.2. The minimum Gasteiger partial charge on any atom is -0.496 e. The number of carbonyl (C=O) groups is 2. The zero-order valence-electron chi connectivity index (χ0n) is 16.7. The number of rotatable bonds is 7. The Kier molecular flexibility index (Phi) is 6.43. The summed E-state index contributed by atoms with van der Waals surface area (Å²) in [5.41, 5.74) is 1.54. The molecule has 1 aliphatic carbocycles. The summed E-state index contributed by atoms with van der Waals surface area (Å²) in [6, 6.07) is 14.4. The SMILES string of the molecule is COc1ccccc1-c1nnc(SCC(=O)NC(=O)NC2CC2)n1-c1ccc(Cl)cc1. The van der Waals surface area contributed by atoms with Crippen molar-refractivity contribution in [2.24, 2.45) is 0 Å². The molecule has 1 saturated carbocycles. The van der Waals surface area contributed by atoms with Crippen molar-refractivity contribution in [2.45, 2.75) is 24.0 Å². The summed E-state index contributed by atoms with van der Waals surface area (Å²) in [5.74, 6) is 0.813. The van der Waals surface area contributed by atoms with Crippen molar-refractivity contribution in [3.8, 4) is 22.8 Å². The van der Waals surface area contributed by atoms with Gasteiger partial charge in [-0.2, -0.15) is 0 Å². The van der Waals surface area contributed by atoms with Gasteiger partial charge in [0.2, 0.25) is 5.91 Å². The van der Waals surface area contributed by atoms with Gasteiger partial charge in [-0.05, 0) is 49.2 Å². The predicted molar refractivity (Wildman–Crippen MR) is 119 cm³/mol. The molecule has 0 spiro atoms. The van der Waals surface area contributed by atoms with Crippen molar-refractivity contribution in [3.05, 3.63) is 53.6 Å². The second-order valence-corrected chi connectivity index (χ2v) is 8.28. The Morgan fingerprint density at radius 2 is 1.90 bits per heavy atom. The highest BCUT2D eigenvalue weighted by Gasteiger charge is 2.24. The predicted octanol–water partition coefficient (Wildman–Crippen LogP) is 3.68. The molecule has 10 heteroatoms. The van der Waals surface area contributed by atoms with Gasteiger partial charge in [0.05, 0.1) is 18.4 Å². The first-order valence-corrected chi connectivity index (χ1v) is 11.0. The van der Waals surface area contributed by atoms with Crippen LogP contribution in [0, 0.1) is 0 Å². The molecule has 1 heterocycles. The standard InChI is InChI=1S/C21H20ClN5O3S/c1-30-17-5-3-2-4-16(17)19-25-26-21(27(19)15-10-6-13(22)7-11-15)31-12-18(28)24-20(29)23-14-8-9-14/h2-7,10-11,14H,8-9,12H2,1H3,(H2,23,24,28,29). The third kappa shape index (κ3) is 5.18. The Morgan fingerprint density at radius 1 is 1.16 bits per heavy atom. The Hall–Kier alpha value is -3.04. The molecule has 0 bridgehead atoms. The van der Waals surface area contributed by atoms with Crippen LogP contribution in [0.1, 0.15) is 12.8 Å². The van der Waals surface area contributed by atoms with Gasteiger partial charge in [0.1, 0.15) is 5.75 Å². The lowest BCUT2D eigenvalue weighted by Gasteiger charge is -2.12. The summed E-state index contributed by atoms with van der Waals surface area (Å²) in [6.07, 6.45) is 1.90. The van der Waals surface area contributed by atoms with Crippen LogP contribution >= 0.6 is 23.4 Å². The van der Waals surface area contributed by atoms with Crippen molar-refractivity contribution < 1.29 is 14.3 Å². The van der Waals surface area contributed by atoms with Crippen molar-refractivity contribution in [1.29, 1.82) is 0 Å². The van der Waals surface area contributed by atoms with E-state index in [9.17, 15) is 9.59 Å². The molecule has 1 aliphatic rings. The van der Waals surface area contributed by atoms with Crippen LogP contribution in [-0.4, -0.2) is 45.6 Å². The number of amides is 3. The lowest BCUT2D eigenvalue weighted by molar-refractivity contribution is -0.117. The van der Waals surface area contributed by atoms with E-state index < -0.39 is 11.9 Å². The third-order valence-corrected chi connectivity index (χ3v) is 5.74. The van der Waals surface area contributed by atoms with Crippen molar-refractivity contribution >= 4 is 35.3 Å². The molecular formula is C21H20ClN5O3S. The number of nitrogens with zero attached hydrogens (tertiary/aromatic N) is 3. The van der Waals surface area contributed by atoms with Crippen molar-refractivity contribution in [2.75, 3.05) is 12.9 Å². The number of urea groups is 1. The van der Waals surface area contributed by atoms with E-state index in [0.29, 0.717) is 21.8 Å². The van der Waals surface area contributed by atoms with Gasteiger partial charge >= 0.3 is 6.03 Å². The highest BCUT2D eigenvalue weighted by Crippen LogP contribution is 2.33. The molecule has 2 aromatic carbocycles. The quantitative estimate of drug-likeness (QED) is 0.525. The van der Waals surface area contributed by atoms with Crippen LogP contribution in [-0.2, 0) is 4.79 Å². The molecule has 0 aliphatic heterocycles. The van der Waals surface area contributed by atoms with Gasteiger partial charge in [-0.1, -0.05) is 35.5 Å². The van der Waals surface area contributed by atoms with Gasteiger partial charge in [-0.3, -0.25) is 14.7 Å². The van der Waals surface area contributed by atoms with E-state index in [2.05, 4.69) is 20.8 Å². The number of thioether (sulfide) groups is 1. The van der Waals surface area contributed by atoms with E-state index in [1.165, 1.54) is 11.8 Å². The van der Waals surface area contributed by atoms with E-state index in [1.807, 2.05) is 41.0 Å². The molecule has 8 nitrogen and oxygen atoms in total. The number of carbonyl (C=O) groups excluding carboxylic acids is 2. The second kappa shape index (κ2) is 9.40. The van der Waals surface area contributed by atoms with Gasteiger partial charge in [0.25, 0.3) is 0 Å². The van der Waals surface area contributed by atoms with Crippen LogP contribution in [0.5, 0.6) is 5.75 Å². The molecule has 0 radical (unpaired) electrons. The number of hydrogen-bond acceptors (Lipinski definition) is 6. The summed E-state index contributed by atoms with van der Waals surface area (Å²) in [5, 5.41) is 14.8. The minimum atomic E-state index is -0.470. The smallest absolute Gasteiger partial charge is 0.321 e. The highest BCUT2D eigenvalue weighted by molar-refractivity contribution is 7.99. The topological polar surface area (TPSA) is 98.1 Å². The normalized spacial score (nSPS) is 13.0. The number of nitrogens with one attached hydrogen (secondary N) is 2. The number of methoxy groups -OCH3 is 1. The zero-order chi connectivity index (χ0) is 21.8. The molecule has 2 N–H and O–H groups in total. The number of halogens is 1. The van der Waals surface area contributed by atoms with Gasteiger partial charge in [-0.15, -0.1) is 10.2 Å². The molecule has 1 fully saturated rings. The maximum Gasteiger partial charge on any atom is 0.321 e. The van der Waals surface area contributed by atoms with Crippen molar-refractivity contribution in [3.63, 3.8) is 0 Å². The Balaban J connectivity index is 1.60. The first-order chi connectivity index (χ1) is 15.0. The molecule has 0 saturated heterocycles. The highest BCUT2D eigenvalue weighted by atomic mass is 35.5. The van der Waals surface area contributed by atoms with Gasteiger partial charge < -0.3 is 10.1 Å². The van der Waals surface area contributed by atoms with Crippen LogP contribution < -0.4 is 15.4 Å². The average molecular weight is 458 g/mol.